The van der Waals surface area contributed by atoms with Crippen molar-refractivity contribution in [1.29, 1.82) is 0 Å². The molecule has 0 aromatic heterocycles. The molecule has 3 nitrogen and oxygen atoms in total. The summed E-state index contributed by atoms with van der Waals surface area (Å²) in [6.07, 6.45) is 2.43. The van der Waals surface area contributed by atoms with Crippen molar-refractivity contribution < 1.29 is 14.6 Å². The van der Waals surface area contributed by atoms with Gasteiger partial charge in [-0.2, -0.15) is 0 Å². The van der Waals surface area contributed by atoms with E-state index in [1.807, 2.05) is 20.8 Å². The molecular formula is C11H16O3. The van der Waals surface area contributed by atoms with Crippen LogP contribution in [0.3, 0.4) is 0 Å². The van der Waals surface area contributed by atoms with Gasteiger partial charge in [0.2, 0.25) is 0 Å². The molecule has 0 aromatic carbocycles. The Bertz CT molecular complexity index is 316. The number of aliphatic hydroxyl groups excluding tert-OH is 1. The van der Waals surface area contributed by atoms with Crippen LogP contribution in [0.1, 0.15) is 33.6 Å². The third kappa shape index (κ3) is 1.27. The summed E-state index contributed by atoms with van der Waals surface area (Å²) in [5, 5.41) is 9.72. The highest BCUT2D eigenvalue weighted by Crippen LogP contribution is 2.49. The standard InChI is InChI=1S/C11H16O3/c1-10(2)5-7(12)6-11(3)8(10)4-9(13)14-11/h4,7,12H,5-6H2,1-3H3/t7?,11-/m1/s1. The largest absolute Gasteiger partial charge is 0.452 e. The van der Waals surface area contributed by atoms with Crippen molar-refractivity contribution >= 4 is 5.97 Å². The van der Waals surface area contributed by atoms with Gasteiger partial charge < -0.3 is 9.84 Å². The number of carbonyl (C=O) groups excluding carboxylic acids is 1. The lowest BCUT2D eigenvalue weighted by atomic mass is 9.65. The topological polar surface area (TPSA) is 46.5 Å². The van der Waals surface area contributed by atoms with Crippen LogP contribution in [-0.4, -0.2) is 22.8 Å². The molecule has 1 heterocycles. The monoisotopic (exact) mass is 196 g/mol. The Kier molecular flexibility index (Phi) is 1.80. The van der Waals surface area contributed by atoms with Gasteiger partial charge in [0, 0.05) is 12.5 Å². The lowest BCUT2D eigenvalue weighted by Crippen LogP contribution is -2.44. The minimum absolute atomic E-state index is 0.140. The molecule has 2 rings (SSSR count). The van der Waals surface area contributed by atoms with E-state index in [2.05, 4.69) is 0 Å². The van der Waals surface area contributed by atoms with Crippen LogP contribution in [0.15, 0.2) is 11.6 Å². The number of aliphatic hydroxyl groups is 1. The molecule has 1 fully saturated rings. The van der Waals surface area contributed by atoms with Crippen molar-refractivity contribution in [1.82, 2.24) is 0 Å². The smallest absolute Gasteiger partial charge is 0.331 e. The van der Waals surface area contributed by atoms with Crippen LogP contribution >= 0.6 is 0 Å². The first-order valence-electron chi connectivity index (χ1n) is 4.97. The molecule has 0 amide bonds. The molecule has 1 N–H and O–H groups in total. The molecule has 1 aliphatic heterocycles. The van der Waals surface area contributed by atoms with E-state index in [0.29, 0.717) is 12.8 Å². The van der Waals surface area contributed by atoms with E-state index in [0.717, 1.165) is 5.57 Å². The highest BCUT2D eigenvalue weighted by molar-refractivity contribution is 5.87. The molecule has 78 valence electrons. The minimum Gasteiger partial charge on any atom is -0.452 e. The number of hydrogen-bond donors (Lipinski definition) is 1. The van der Waals surface area contributed by atoms with E-state index >= 15 is 0 Å². The van der Waals surface area contributed by atoms with Crippen LogP contribution in [0.2, 0.25) is 0 Å². The molecule has 1 saturated carbocycles. The van der Waals surface area contributed by atoms with Crippen molar-refractivity contribution in [2.24, 2.45) is 5.41 Å². The lowest BCUT2D eigenvalue weighted by Gasteiger charge is -2.43. The van der Waals surface area contributed by atoms with E-state index in [9.17, 15) is 9.90 Å². The van der Waals surface area contributed by atoms with Gasteiger partial charge in [0.15, 0.2) is 0 Å². The Labute approximate surface area is 83.8 Å². The van der Waals surface area contributed by atoms with Gasteiger partial charge in [-0.25, -0.2) is 4.79 Å². The molecule has 3 heteroatoms. The van der Waals surface area contributed by atoms with Crippen LogP contribution in [0.4, 0.5) is 0 Å². The second kappa shape index (κ2) is 2.60. The predicted octanol–water partition coefficient (Wildman–Crippen LogP) is 1.41. The summed E-state index contributed by atoms with van der Waals surface area (Å²) in [4.78, 5) is 11.2. The fourth-order valence-electron chi connectivity index (χ4n) is 2.86. The first kappa shape index (κ1) is 9.71. The zero-order valence-electron chi connectivity index (χ0n) is 8.83. The van der Waals surface area contributed by atoms with Gasteiger partial charge in [0.25, 0.3) is 0 Å². The van der Waals surface area contributed by atoms with E-state index in [4.69, 9.17) is 4.74 Å². The van der Waals surface area contributed by atoms with Crippen LogP contribution < -0.4 is 0 Å². The molecule has 2 atom stereocenters. The summed E-state index contributed by atoms with van der Waals surface area (Å²) in [5.74, 6) is -0.273. The number of esters is 1. The predicted molar refractivity (Wildman–Crippen MR) is 51.6 cm³/mol. The zero-order chi connectivity index (χ0) is 10.6. The van der Waals surface area contributed by atoms with Crippen LogP contribution in [0, 0.1) is 5.41 Å². The van der Waals surface area contributed by atoms with Crippen molar-refractivity contribution in [3.63, 3.8) is 0 Å². The fraction of sp³-hybridized carbons (Fsp3) is 0.727. The number of carbonyl (C=O) groups is 1. The molecule has 1 aliphatic carbocycles. The van der Waals surface area contributed by atoms with E-state index in [1.54, 1.807) is 6.08 Å². The third-order valence-electron chi connectivity index (χ3n) is 3.26. The highest BCUT2D eigenvalue weighted by atomic mass is 16.6. The molecule has 0 aromatic rings. The molecule has 1 unspecified atom stereocenters. The maximum absolute atomic E-state index is 11.2. The van der Waals surface area contributed by atoms with E-state index < -0.39 is 5.60 Å². The van der Waals surface area contributed by atoms with Crippen LogP contribution in [0.5, 0.6) is 0 Å². The first-order valence-corrected chi connectivity index (χ1v) is 4.97. The number of ether oxygens (including phenoxy) is 1. The number of fused-ring (bicyclic) bond motifs is 1. The van der Waals surface area contributed by atoms with Gasteiger partial charge in [0.1, 0.15) is 5.60 Å². The van der Waals surface area contributed by atoms with Gasteiger partial charge in [-0.3, -0.25) is 0 Å². The van der Waals surface area contributed by atoms with Crippen LogP contribution in [-0.2, 0) is 9.53 Å². The minimum atomic E-state index is -0.571. The van der Waals surface area contributed by atoms with Gasteiger partial charge in [-0.15, -0.1) is 0 Å². The Morgan fingerprint density at radius 1 is 1.43 bits per heavy atom. The van der Waals surface area contributed by atoms with Crippen molar-refractivity contribution in [2.45, 2.75) is 45.3 Å². The zero-order valence-corrected chi connectivity index (χ0v) is 8.83. The number of rotatable bonds is 0. The van der Waals surface area contributed by atoms with Crippen molar-refractivity contribution in [3.05, 3.63) is 11.6 Å². The average molecular weight is 196 g/mol. The fourth-order valence-corrected chi connectivity index (χ4v) is 2.86. The molecule has 14 heavy (non-hydrogen) atoms. The Morgan fingerprint density at radius 2 is 2.07 bits per heavy atom. The number of hydrogen-bond acceptors (Lipinski definition) is 3. The maximum Gasteiger partial charge on any atom is 0.331 e. The average Bonchev–Trinajstić information content (AvgIpc) is 2.22. The lowest BCUT2D eigenvalue weighted by molar-refractivity contribution is -0.149. The molecule has 2 aliphatic rings. The summed E-state index contributed by atoms with van der Waals surface area (Å²) in [5.41, 5.74) is 0.317. The Morgan fingerprint density at radius 3 is 2.71 bits per heavy atom. The van der Waals surface area contributed by atoms with E-state index in [-0.39, 0.29) is 17.5 Å². The molecule has 0 bridgehead atoms. The third-order valence-corrected chi connectivity index (χ3v) is 3.26. The van der Waals surface area contributed by atoms with E-state index in [1.165, 1.54) is 0 Å². The van der Waals surface area contributed by atoms with Gasteiger partial charge in [-0.05, 0) is 24.3 Å². The summed E-state index contributed by atoms with van der Waals surface area (Å²) in [6.45, 7) is 5.97. The quantitative estimate of drug-likeness (QED) is 0.596. The summed E-state index contributed by atoms with van der Waals surface area (Å²) in [6, 6.07) is 0. The Balaban J connectivity index is 2.43. The highest BCUT2D eigenvalue weighted by Gasteiger charge is 2.50. The normalized spacial score (nSPS) is 40.1. The molecule has 0 spiro atoms. The summed E-state index contributed by atoms with van der Waals surface area (Å²) >= 11 is 0. The van der Waals surface area contributed by atoms with Crippen molar-refractivity contribution in [3.8, 4) is 0 Å². The first-order chi connectivity index (χ1) is 6.33. The second-order valence-electron chi connectivity index (χ2n) is 5.16. The van der Waals surface area contributed by atoms with Gasteiger partial charge in [0.05, 0.1) is 6.10 Å². The molecule has 0 radical (unpaired) electrons. The van der Waals surface area contributed by atoms with Crippen molar-refractivity contribution in [2.75, 3.05) is 0 Å². The van der Waals surface area contributed by atoms with Crippen LogP contribution in [0.25, 0.3) is 0 Å². The molecular weight excluding hydrogens is 180 g/mol. The SMILES string of the molecule is CC1(C)CC(O)C[C@@]2(C)OC(=O)C=C12. The van der Waals surface area contributed by atoms with Gasteiger partial charge >= 0.3 is 5.97 Å². The summed E-state index contributed by atoms with van der Waals surface area (Å²) in [7, 11) is 0. The van der Waals surface area contributed by atoms with Gasteiger partial charge in [-0.1, -0.05) is 13.8 Å². The Hall–Kier alpha value is -0.830. The maximum atomic E-state index is 11.2. The molecule has 0 saturated heterocycles. The summed E-state index contributed by atoms with van der Waals surface area (Å²) < 4.78 is 5.27. The second-order valence-corrected chi connectivity index (χ2v) is 5.16.